The molecule has 0 amide bonds. The van der Waals surface area contributed by atoms with Crippen LogP contribution in [0, 0.1) is 20.8 Å². The number of hydrogen-bond acceptors (Lipinski definition) is 16. The first-order valence-electron chi connectivity index (χ1n) is 26.3. The molecule has 0 saturated carbocycles. The Morgan fingerprint density at radius 2 is 0.525 bits per heavy atom. The Balaban J connectivity index is 2.42. The molecule has 0 aromatic heterocycles. The lowest BCUT2D eigenvalue weighted by atomic mass is 9.93. The van der Waals surface area contributed by atoms with Crippen LogP contribution in [0.4, 0.5) is 0 Å². The zero-order chi connectivity index (χ0) is 60.7. The van der Waals surface area contributed by atoms with Gasteiger partial charge in [-0.2, -0.15) is 4.57 Å². The summed E-state index contributed by atoms with van der Waals surface area (Å²) in [6.07, 6.45) is -2.90. The number of carbonyl (C=O) groups excluding carboxylic acids is 6. The number of ether oxygens (including phenoxy) is 6. The molecule has 0 aliphatic heterocycles. The summed E-state index contributed by atoms with van der Waals surface area (Å²) in [4.78, 5) is 76.0. The third-order valence-electron chi connectivity index (χ3n) is 12.5. The maximum atomic E-state index is 16.1. The van der Waals surface area contributed by atoms with E-state index in [4.69, 9.17) is 42.0 Å². The van der Waals surface area contributed by atoms with E-state index < -0.39 is 80.3 Å². The van der Waals surface area contributed by atoms with Gasteiger partial charge in [-0.3, -0.25) is 0 Å². The van der Waals surface area contributed by atoms with Crippen LogP contribution in [0.3, 0.4) is 0 Å². The van der Waals surface area contributed by atoms with Crippen molar-refractivity contribution in [3.8, 4) is 17.2 Å². The average Bonchev–Trinajstić information content (AvgIpc) is 3.34. The van der Waals surface area contributed by atoms with E-state index in [1.54, 1.807) is 119 Å². The van der Waals surface area contributed by atoms with Crippen LogP contribution in [0.25, 0.3) is 0 Å². The Morgan fingerprint density at radius 3 is 0.700 bits per heavy atom. The molecule has 434 valence electrons. The fourth-order valence-corrected chi connectivity index (χ4v) is 9.68. The van der Waals surface area contributed by atoms with E-state index in [1.807, 2.05) is 0 Å². The molecular formula is C63H81O16P. The molecule has 0 radical (unpaired) electrons. The molecule has 3 aromatic rings. The summed E-state index contributed by atoms with van der Waals surface area (Å²) in [6, 6.07) is 9.94. The number of phosphoric ester groups is 1. The minimum absolute atomic E-state index is 0.0584. The van der Waals surface area contributed by atoms with Crippen molar-refractivity contribution in [1.82, 2.24) is 0 Å². The average molecular weight is 1130 g/mol. The minimum atomic E-state index is -4.98. The van der Waals surface area contributed by atoms with E-state index in [0.29, 0.717) is 50.1 Å². The second kappa shape index (κ2) is 29.7. The highest BCUT2D eigenvalue weighted by molar-refractivity contribution is 7.49. The molecule has 6 atom stereocenters. The maximum Gasteiger partial charge on any atom is 0.647 e. The van der Waals surface area contributed by atoms with Gasteiger partial charge < -0.3 is 42.0 Å². The van der Waals surface area contributed by atoms with Gasteiger partial charge in [0.1, 0.15) is 53.9 Å². The third-order valence-corrected chi connectivity index (χ3v) is 13.8. The van der Waals surface area contributed by atoms with Crippen LogP contribution in [-0.4, -0.2) is 72.4 Å². The standard InChI is InChI=1S/C63H81O16P/c1-34(2)58(64)71-40(13)28-49-22-25-55(46(19)52(49)31-43(16)74-61(67)37(7)8)77-80(70,78-56-26-23-50(29-41(14)72-59(65)35(3)4)53(47(56)20)32-44(17)75-62(68)38(9)10)79-57-27-24-51(30-42(15)73-60(66)36(5)6)54(48(57)21)33-45(18)76-63(69)39(11)12/h22-27,40-45H,1,3,5,7,9,11,28-33H2,2,4,6,8,10,12-21H3. The lowest BCUT2D eigenvalue weighted by molar-refractivity contribution is -0.144. The molecule has 0 N–H and O–H groups in total. The molecule has 0 heterocycles. The summed E-state index contributed by atoms with van der Waals surface area (Å²) >= 11 is 0. The van der Waals surface area contributed by atoms with Gasteiger partial charge in [-0.15, -0.1) is 0 Å². The molecule has 0 fully saturated rings. The molecule has 3 aromatic carbocycles. The van der Waals surface area contributed by atoms with E-state index in [2.05, 4.69) is 39.5 Å². The molecular weight excluding hydrogens is 1040 g/mol. The number of rotatable bonds is 30. The van der Waals surface area contributed by atoms with Crippen molar-refractivity contribution in [2.45, 2.75) is 179 Å². The first-order chi connectivity index (χ1) is 37.1. The highest BCUT2D eigenvalue weighted by Gasteiger charge is 2.37. The monoisotopic (exact) mass is 1120 g/mol. The fraction of sp³-hybridized carbons (Fsp3) is 0.429. The minimum Gasteiger partial charge on any atom is -0.459 e. The Kier molecular flexibility index (Phi) is 24.8. The molecule has 17 heteroatoms. The number of carbonyl (C=O) groups is 6. The van der Waals surface area contributed by atoms with Crippen LogP contribution in [0.1, 0.15) is 133 Å². The van der Waals surface area contributed by atoms with Gasteiger partial charge in [0.2, 0.25) is 0 Å². The topological polar surface area (TPSA) is 203 Å². The van der Waals surface area contributed by atoms with Gasteiger partial charge >= 0.3 is 43.6 Å². The summed E-state index contributed by atoms with van der Waals surface area (Å²) in [5, 5.41) is 0. The van der Waals surface area contributed by atoms with Crippen LogP contribution in [0.15, 0.2) is 109 Å². The van der Waals surface area contributed by atoms with Gasteiger partial charge in [0.15, 0.2) is 0 Å². The smallest absolute Gasteiger partial charge is 0.459 e. The number of hydrogen-bond donors (Lipinski definition) is 0. The van der Waals surface area contributed by atoms with E-state index in [-0.39, 0.29) is 89.2 Å². The third kappa shape index (κ3) is 20.0. The Morgan fingerprint density at radius 1 is 0.350 bits per heavy atom. The lowest BCUT2D eigenvalue weighted by Gasteiger charge is -2.27. The Bertz CT molecular complexity index is 2670. The lowest BCUT2D eigenvalue weighted by Crippen LogP contribution is -2.22. The normalized spacial score (nSPS) is 13.9. The van der Waals surface area contributed by atoms with Crippen molar-refractivity contribution in [3.63, 3.8) is 0 Å². The largest absolute Gasteiger partial charge is 0.647 e. The summed E-state index contributed by atoms with van der Waals surface area (Å²) in [7, 11) is -4.98. The Hall–Kier alpha value is -7.45. The summed E-state index contributed by atoms with van der Waals surface area (Å²) in [6.45, 7) is 47.0. The van der Waals surface area contributed by atoms with Gasteiger partial charge in [-0.1, -0.05) is 57.7 Å². The number of phosphoric acid groups is 1. The molecule has 6 unspecified atom stereocenters. The summed E-state index contributed by atoms with van der Waals surface area (Å²) in [5.41, 5.74) is 6.64. The zero-order valence-corrected chi connectivity index (χ0v) is 50.3. The molecule has 0 bridgehead atoms. The molecule has 3 rings (SSSR count). The first-order valence-corrected chi connectivity index (χ1v) is 27.8. The Labute approximate surface area is 472 Å². The summed E-state index contributed by atoms with van der Waals surface area (Å²) < 4.78 is 69.9. The van der Waals surface area contributed by atoms with Crippen LogP contribution in [-0.2, 0) is 100 Å². The quantitative estimate of drug-likeness (QED) is 0.0264. The van der Waals surface area contributed by atoms with E-state index in [1.165, 1.54) is 20.8 Å². The molecule has 80 heavy (non-hydrogen) atoms. The highest BCUT2D eigenvalue weighted by atomic mass is 31.2. The number of esters is 6. The summed E-state index contributed by atoms with van der Waals surface area (Å²) in [5.74, 6) is -3.34. The predicted molar refractivity (Wildman–Crippen MR) is 307 cm³/mol. The van der Waals surface area contributed by atoms with E-state index in [9.17, 15) is 28.8 Å². The van der Waals surface area contributed by atoms with Gasteiger partial charge in [0, 0.05) is 72.0 Å². The zero-order valence-electron chi connectivity index (χ0n) is 49.4. The molecule has 16 nitrogen and oxygen atoms in total. The van der Waals surface area contributed by atoms with Crippen LogP contribution in [0.5, 0.6) is 17.2 Å². The highest BCUT2D eigenvalue weighted by Crippen LogP contribution is 2.53. The van der Waals surface area contributed by atoms with Crippen molar-refractivity contribution >= 4 is 43.6 Å². The number of benzene rings is 3. The van der Waals surface area contributed by atoms with E-state index in [0.717, 1.165) is 0 Å². The molecule has 0 aliphatic carbocycles. The van der Waals surface area contributed by atoms with E-state index >= 15 is 4.57 Å². The van der Waals surface area contributed by atoms with Crippen molar-refractivity contribution in [3.05, 3.63) is 159 Å². The second-order valence-corrected chi connectivity index (χ2v) is 22.3. The van der Waals surface area contributed by atoms with Crippen molar-refractivity contribution in [2.24, 2.45) is 0 Å². The SMILES string of the molecule is C=C(C)C(=O)OC(C)Cc1ccc(OP(=O)(Oc2ccc(CC(C)OC(=O)C(=C)C)c(CC(C)OC(=O)C(=C)C)c2C)Oc2ccc(CC(C)OC(=O)C(=C)C)c(CC(C)OC(=O)C(=C)C)c2C)c(C)c1CC(C)OC(=O)C(=C)C. The van der Waals surface area contributed by atoms with Crippen LogP contribution in [0.2, 0.25) is 0 Å². The maximum absolute atomic E-state index is 16.1. The first kappa shape index (κ1) is 66.8. The van der Waals surface area contributed by atoms with Crippen LogP contribution < -0.4 is 13.6 Å². The van der Waals surface area contributed by atoms with Crippen LogP contribution >= 0.6 is 7.82 Å². The van der Waals surface area contributed by atoms with Crippen molar-refractivity contribution < 1.29 is 75.3 Å². The van der Waals surface area contributed by atoms with Gasteiger partial charge in [-0.25, -0.2) is 28.8 Å². The van der Waals surface area contributed by atoms with Crippen molar-refractivity contribution in [1.29, 1.82) is 0 Å². The molecule has 0 aliphatic rings. The fourth-order valence-electron chi connectivity index (χ4n) is 8.26. The second-order valence-electron chi connectivity index (χ2n) is 20.9. The van der Waals surface area contributed by atoms with Gasteiger partial charge in [0.25, 0.3) is 0 Å². The predicted octanol–water partition coefficient (Wildman–Crippen LogP) is 12.6. The van der Waals surface area contributed by atoms with Gasteiger partial charge in [-0.05, 0) is 172 Å². The van der Waals surface area contributed by atoms with Crippen molar-refractivity contribution in [2.75, 3.05) is 0 Å². The van der Waals surface area contributed by atoms with Gasteiger partial charge in [0.05, 0.1) is 0 Å². The molecule has 0 spiro atoms. The molecule has 0 saturated heterocycles.